The molecule has 0 radical (unpaired) electrons. The molecule has 1 heterocycles. The van der Waals surface area contributed by atoms with E-state index in [9.17, 15) is 0 Å². The average Bonchev–Trinajstić information content (AvgIpc) is 2.97. The Kier molecular flexibility index (Phi) is 4.59. The van der Waals surface area contributed by atoms with E-state index in [0.29, 0.717) is 17.5 Å². The predicted molar refractivity (Wildman–Crippen MR) is 84.6 cm³/mol. The van der Waals surface area contributed by atoms with Crippen molar-refractivity contribution in [2.75, 3.05) is 19.5 Å². The lowest BCUT2D eigenvalue weighted by molar-refractivity contribution is 0.353. The van der Waals surface area contributed by atoms with Gasteiger partial charge in [0.05, 0.1) is 19.9 Å². The molecule has 1 atom stereocenters. The second kappa shape index (κ2) is 6.25. The second-order valence-electron chi connectivity index (χ2n) is 6.14. The van der Waals surface area contributed by atoms with Gasteiger partial charge in [0.25, 0.3) is 0 Å². The summed E-state index contributed by atoms with van der Waals surface area (Å²) in [6.45, 7) is 8.11. The normalized spacial score (nSPS) is 12.8. The topological polar surface area (TPSA) is 69.4 Å². The molecule has 1 aromatic heterocycles. The highest BCUT2D eigenvalue weighted by molar-refractivity contribution is 5.59. The Morgan fingerprint density at radius 1 is 1.18 bits per heavy atom. The first-order valence-corrected chi connectivity index (χ1v) is 7.17. The van der Waals surface area contributed by atoms with E-state index in [2.05, 4.69) is 15.5 Å². The zero-order chi connectivity index (χ0) is 16.3. The largest absolute Gasteiger partial charge is 0.497 e. The minimum absolute atomic E-state index is 0.133. The molecule has 0 amide bonds. The molecule has 0 fully saturated rings. The van der Waals surface area contributed by atoms with E-state index >= 15 is 0 Å². The van der Waals surface area contributed by atoms with Gasteiger partial charge in [-0.3, -0.25) is 0 Å². The van der Waals surface area contributed by atoms with Gasteiger partial charge in [0.15, 0.2) is 5.82 Å². The number of rotatable bonds is 5. The molecule has 1 N–H and O–H groups in total. The maximum atomic E-state index is 5.37. The molecule has 0 saturated carbocycles. The van der Waals surface area contributed by atoms with Crippen molar-refractivity contribution >= 4 is 5.69 Å². The quantitative estimate of drug-likeness (QED) is 0.911. The Labute approximate surface area is 130 Å². The van der Waals surface area contributed by atoms with Crippen LogP contribution in [0.1, 0.15) is 45.5 Å². The molecule has 2 aromatic rings. The van der Waals surface area contributed by atoms with Crippen molar-refractivity contribution in [2.24, 2.45) is 0 Å². The highest BCUT2D eigenvalue weighted by Crippen LogP contribution is 2.32. The van der Waals surface area contributed by atoms with Crippen molar-refractivity contribution in [3.05, 3.63) is 29.9 Å². The van der Waals surface area contributed by atoms with Crippen LogP contribution in [0.15, 0.2) is 22.7 Å². The Morgan fingerprint density at radius 2 is 1.91 bits per heavy atom. The summed E-state index contributed by atoms with van der Waals surface area (Å²) in [6, 6.07) is 5.45. The lowest BCUT2D eigenvalue weighted by atomic mass is 9.96. The van der Waals surface area contributed by atoms with Crippen molar-refractivity contribution < 1.29 is 14.0 Å². The van der Waals surface area contributed by atoms with Gasteiger partial charge in [-0.2, -0.15) is 4.98 Å². The minimum Gasteiger partial charge on any atom is -0.497 e. The molecule has 0 aliphatic heterocycles. The van der Waals surface area contributed by atoms with E-state index in [1.54, 1.807) is 14.2 Å². The van der Waals surface area contributed by atoms with Gasteiger partial charge in [-0.05, 0) is 19.1 Å². The lowest BCUT2D eigenvalue weighted by Crippen LogP contribution is -2.14. The number of methoxy groups -OCH3 is 2. The van der Waals surface area contributed by atoms with Crippen LogP contribution in [0.4, 0.5) is 5.69 Å². The molecule has 2 rings (SSSR count). The van der Waals surface area contributed by atoms with Gasteiger partial charge < -0.3 is 19.3 Å². The number of hydrogen-bond donors (Lipinski definition) is 1. The van der Waals surface area contributed by atoms with Crippen LogP contribution in [0.5, 0.6) is 11.5 Å². The summed E-state index contributed by atoms with van der Waals surface area (Å²) in [7, 11) is 3.24. The predicted octanol–water partition coefficient (Wildman–Crippen LogP) is 3.56. The maximum absolute atomic E-state index is 5.37. The highest BCUT2D eigenvalue weighted by Gasteiger charge is 2.23. The minimum atomic E-state index is -0.140. The third kappa shape index (κ3) is 3.50. The molecule has 6 nitrogen and oxygen atoms in total. The van der Waals surface area contributed by atoms with E-state index in [1.165, 1.54) is 0 Å². The smallest absolute Gasteiger partial charge is 0.248 e. The molecular weight excluding hydrogens is 282 g/mol. The van der Waals surface area contributed by atoms with E-state index in [0.717, 1.165) is 11.4 Å². The van der Waals surface area contributed by atoms with Crippen molar-refractivity contribution in [1.29, 1.82) is 0 Å². The van der Waals surface area contributed by atoms with Crippen LogP contribution in [0, 0.1) is 0 Å². The summed E-state index contributed by atoms with van der Waals surface area (Å²) >= 11 is 0. The van der Waals surface area contributed by atoms with Crippen molar-refractivity contribution in [1.82, 2.24) is 10.1 Å². The summed E-state index contributed by atoms with van der Waals surface area (Å²) in [5.74, 6) is 2.67. The van der Waals surface area contributed by atoms with Crippen molar-refractivity contribution in [2.45, 2.75) is 39.2 Å². The first-order chi connectivity index (χ1) is 10.3. The van der Waals surface area contributed by atoms with Gasteiger partial charge >= 0.3 is 0 Å². The van der Waals surface area contributed by atoms with Crippen molar-refractivity contribution in [3.63, 3.8) is 0 Å². The summed E-state index contributed by atoms with van der Waals surface area (Å²) in [6.07, 6.45) is 0. The number of benzene rings is 1. The van der Waals surface area contributed by atoms with Crippen molar-refractivity contribution in [3.8, 4) is 11.5 Å². The van der Waals surface area contributed by atoms with Gasteiger partial charge in [-0.25, -0.2) is 0 Å². The molecule has 0 aliphatic rings. The molecule has 0 aliphatic carbocycles. The third-order valence-corrected chi connectivity index (χ3v) is 3.26. The second-order valence-corrected chi connectivity index (χ2v) is 6.14. The summed E-state index contributed by atoms with van der Waals surface area (Å²) in [5, 5.41) is 7.36. The average molecular weight is 305 g/mol. The standard InChI is InChI=1S/C16H23N3O3/c1-10(14-18-15(19-22-14)16(2,3)4)17-12-8-7-11(20-5)9-13(12)21-6/h7-10,17H,1-6H3. The van der Waals surface area contributed by atoms with E-state index < -0.39 is 0 Å². The molecule has 0 bridgehead atoms. The summed E-state index contributed by atoms with van der Waals surface area (Å²) in [5.41, 5.74) is 0.700. The first kappa shape index (κ1) is 16.1. The molecule has 0 saturated heterocycles. The number of anilines is 1. The maximum Gasteiger partial charge on any atom is 0.248 e. The third-order valence-electron chi connectivity index (χ3n) is 3.26. The van der Waals surface area contributed by atoms with Crippen LogP contribution >= 0.6 is 0 Å². The van der Waals surface area contributed by atoms with Gasteiger partial charge in [0.1, 0.15) is 17.5 Å². The molecular formula is C16H23N3O3. The molecule has 1 unspecified atom stereocenters. The fraction of sp³-hybridized carbons (Fsp3) is 0.500. The van der Waals surface area contributed by atoms with Gasteiger partial charge in [0.2, 0.25) is 5.89 Å². The number of ether oxygens (including phenoxy) is 2. The highest BCUT2D eigenvalue weighted by atomic mass is 16.5. The van der Waals surface area contributed by atoms with Gasteiger partial charge in [0, 0.05) is 11.5 Å². The van der Waals surface area contributed by atoms with Crippen LogP contribution in [0.25, 0.3) is 0 Å². The van der Waals surface area contributed by atoms with Gasteiger partial charge in [-0.15, -0.1) is 0 Å². The van der Waals surface area contributed by atoms with E-state index in [4.69, 9.17) is 14.0 Å². The SMILES string of the molecule is COc1ccc(NC(C)c2nc(C(C)(C)C)no2)c(OC)c1. The Balaban J connectivity index is 2.18. The Bertz CT molecular complexity index is 632. The van der Waals surface area contributed by atoms with E-state index in [-0.39, 0.29) is 11.5 Å². The summed E-state index contributed by atoms with van der Waals surface area (Å²) in [4.78, 5) is 4.46. The fourth-order valence-electron chi connectivity index (χ4n) is 1.93. The lowest BCUT2D eigenvalue weighted by Gasteiger charge is -2.15. The fourth-order valence-corrected chi connectivity index (χ4v) is 1.93. The van der Waals surface area contributed by atoms with Crippen LogP contribution in [-0.4, -0.2) is 24.4 Å². The molecule has 22 heavy (non-hydrogen) atoms. The van der Waals surface area contributed by atoms with Gasteiger partial charge in [-0.1, -0.05) is 25.9 Å². The number of hydrogen-bond acceptors (Lipinski definition) is 6. The molecule has 0 spiro atoms. The Hall–Kier alpha value is -2.24. The first-order valence-electron chi connectivity index (χ1n) is 7.17. The van der Waals surface area contributed by atoms with Crippen LogP contribution in [0.2, 0.25) is 0 Å². The van der Waals surface area contributed by atoms with Crippen LogP contribution in [-0.2, 0) is 5.41 Å². The number of nitrogens with one attached hydrogen (secondary N) is 1. The number of nitrogens with zero attached hydrogens (tertiary/aromatic N) is 2. The Morgan fingerprint density at radius 3 is 2.45 bits per heavy atom. The molecule has 6 heteroatoms. The molecule has 120 valence electrons. The zero-order valence-electron chi connectivity index (χ0n) is 13.9. The monoisotopic (exact) mass is 305 g/mol. The van der Waals surface area contributed by atoms with Crippen LogP contribution < -0.4 is 14.8 Å². The van der Waals surface area contributed by atoms with Crippen LogP contribution in [0.3, 0.4) is 0 Å². The molecule has 1 aromatic carbocycles. The zero-order valence-corrected chi connectivity index (χ0v) is 13.9. The van der Waals surface area contributed by atoms with E-state index in [1.807, 2.05) is 45.9 Å². The number of aromatic nitrogens is 2. The summed E-state index contributed by atoms with van der Waals surface area (Å²) < 4.78 is 15.9.